The van der Waals surface area contributed by atoms with E-state index in [4.69, 9.17) is 27.9 Å². The Morgan fingerprint density at radius 1 is 1.00 bits per heavy atom. The predicted octanol–water partition coefficient (Wildman–Crippen LogP) is 6.07. The van der Waals surface area contributed by atoms with Crippen LogP contribution in [0.25, 0.3) is 0 Å². The summed E-state index contributed by atoms with van der Waals surface area (Å²) in [4.78, 5) is 18.0. The van der Waals surface area contributed by atoms with Crippen molar-refractivity contribution < 1.29 is 9.53 Å². The number of rotatable bonds is 4. The first-order valence-corrected chi connectivity index (χ1v) is 11.8. The van der Waals surface area contributed by atoms with Gasteiger partial charge in [0.2, 0.25) is 0 Å². The van der Waals surface area contributed by atoms with Gasteiger partial charge in [-0.05, 0) is 60.2 Å². The van der Waals surface area contributed by atoms with E-state index in [0.717, 1.165) is 60.2 Å². The summed E-state index contributed by atoms with van der Waals surface area (Å²) in [7, 11) is 1.64. The smallest absolute Gasteiger partial charge is 0.262 e. The molecule has 170 valence electrons. The fraction of sp³-hybridized carbons (Fsp3) is 0.269. The van der Waals surface area contributed by atoms with Crippen LogP contribution in [-0.2, 0) is 6.54 Å². The minimum atomic E-state index is -0.505. The second-order valence-corrected chi connectivity index (χ2v) is 9.40. The molecule has 0 saturated carbocycles. The zero-order valence-corrected chi connectivity index (χ0v) is 19.9. The van der Waals surface area contributed by atoms with Crippen molar-refractivity contribution in [3.8, 4) is 5.75 Å². The number of nitrogens with zero attached hydrogens (tertiary/aromatic N) is 2. The van der Waals surface area contributed by atoms with Crippen LogP contribution in [0, 0.1) is 0 Å². The molecule has 0 bridgehead atoms. The Hall–Kier alpha value is -2.73. The van der Waals surface area contributed by atoms with Crippen LogP contribution < -0.4 is 15.0 Å². The number of para-hydroxylation sites is 1. The lowest BCUT2D eigenvalue weighted by Crippen LogP contribution is -2.64. The summed E-state index contributed by atoms with van der Waals surface area (Å²) >= 11 is 12.6. The maximum Gasteiger partial charge on any atom is 0.262 e. The highest BCUT2D eigenvalue weighted by Crippen LogP contribution is 2.41. The Bertz CT molecular complexity index is 1170. The van der Waals surface area contributed by atoms with E-state index in [1.165, 1.54) is 0 Å². The van der Waals surface area contributed by atoms with E-state index < -0.39 is 5.66 Å². The van der Waals surface area contributed by atoms with Crippen LogP contribution in [0.4, 0.5) is 11.4 Å². The third-order valence-electron chi connectivity index (χ3n) is 6.57. The van der Waals surface area contributed by atoms with Gasteiger partial charge < -0.3 is 10.1 Å². The Balaban J connectivity index is 1.44. The molecule has 3 aromatic rings. The van der Waals surface area contributed by atoms with Gasteiger partial charge in [-0.2, -0.15) is 0 Å². The van der Waals surface area contributed by atoms with Crippen molar-refractivity contribution in [1.82, 2.24) is 4.90 Å². The van der Waals surface area contributed by atoms with Crippen LogP contribution in [0.5, 0.6) is 5.75 Å². The molecule has 1 amide bonds. The van der Waals surface area contributed by atoms with E-state index in [1.54, 1.807) is 13.2 Å². The number of benzene rings is 3. The first-order valence-electron chi connectivity index (χ1n) is 11.0. The minimum absolute atomic E-state index is 0.0147. The van der Waals surface area contributed by atoms with Crippen LogP contribution in [-0.4, -0.2) is 36.7 Å². The fourth-order valence-electron chi connectivity index (χ4n) is 4.83. The number of fused-ring (bicyclic) bond motifs is 1. The van der Waals surface area contributed by atoms with Gasteiger partial charge in [-0.15, -0.1) is 0 Å². The number of piperidine rings is 1. The Labute approximate surface area is 203 Å². The fourth-order valence-corrected chi connectivity index (χ4v) is 5.20. The van der Waals surface area contributed by atoms with E-state index in [1.807, 2.05) is 65.6 Å². The van der Waals surface area contributed by atoms with Crippen LogP contribution in [0.1, 0.15) is 28.8 Å². The maximum atomic E-state index is 13.7. The number of methoxy groups -OCH3 is 1. The summed E-state index contributed by atoms with van der Waals surface area (Å²) in [5.74, 6) is 0.777. The van der Waals surface area contributed by atoms with E-state index in [2.05, 4.69) is 10.2 Å². The molecule has 1 N–H and O–H groups in total. The van der Waals surface area contributed by atoms with Gasteiger partial charge >= 0.3 is 0 Å². The first kappa shape index (κ1) is 22.1. The number of halogens is 2. The number of anilines is 2. The lowest BCUT2D eigenvalue weighted by Gasteiger charge is -2.52. The number of carbonyl (C=O) groups excluding carboxylic acids is 1. The number of likely N-dealkylation sites (tertiary alicyclic amines) is 1. The molecule has 0 aromatic heterocycles. The van der Waals surface area contributed by atoms with E-state index in [9.17, 15) is 4.79 Å². The van der Waals surface area contributed by atoms with Gasteiger partial charge in [0.05, 0.1) is 12.7 Å². The van der Waals surface area contributed by atoms with Gasteiger partial charge in [0.15, 0.2) is 0 Å². The highest BCUT2D eigenvalue weighted by Gasteiger charge is 2.47. The summed E-state index contributed by atoms with van der Waals surface area (Å²) in [6, 6.07) is 21.0. The monoisotopic (exact) mass is 481 g/mol. The number of hydrogen-bond acceptors (Lipinski definition) is 4. The summed E-state index contributed by atoms with van der Waals surface area (Å²) in [5.41, 5.74) is 2.94. The van der Waals surface area contributed by atoms with E-state index in [0.29, 0.717) is 10.6 Å². The quantitative estimate of drug-likeness (QED) is 0.491. The molecule has 3 aromatic carbocycles. The van der Waals surface area contributed by atoms with Crippen molar-refractivity contribution >= 4 is 40.5 Å². The third kappa shape index (κ3) is 4.17. The SMILES string of the molecule is COc1ccc(N2C(=O)c3ccccc3NC23CCN(Cc2cc(Cl)ccc2Cl)CC3)cc1. The lowest BCUT2D eigenvalue weighted by molar-refractivity contribution is 0.0904. The molecule has 0 radical (unpaired) electrons. The second-order valence-electron chi connectivity index (χ2n) is 8.55. The van der Waals surface area contributed by atoms with Gasteiger partial charge in [-0.25, -0.2) is 0 Å². The molecule has 1 fully saturated rings. The summed E-state index contributed by atoms with van der Waals surface area (Å²) in [5, 5.41) is 5.13. The lowest BCUT2D eigenvalue weighted by atomic mass is 9.89. The number of nitrogens with one attached hydrogen (secondary N) is 1. The number of hydrogen-bond donors (Lipinski definition) is 1. The van der Waals surface area contributed by atoms with Crippen LogP contribution >= 0.6 is 23.2 Å². The molecule has 5 nitrogen and oxygen atoms in total. The largest absolute Gasteiger partial charge is 0.497 e. The highest BCUT2D eigenvalue weighted by atomic mass is 35.5. The molecule has 0 aliphatic carbocycles. The topological polar surface area (TPSA) is 44.8 Å². The van der Waals surface area contributed by atoms with Gasteiger partial charge in [0.1, 0.15) is 11.4 Å². The zero-order valence-electron chi connectivity index (χ0n) is 18.4. The van der Waals surface area contributed by atoms with Crippen molar-refractivity contribution in [3.05, 3.63) is 87.9 Å². The number of ether oxygens (including phenoxy) is 1. The average molecular weight is 482 g/mol. The standard InChI is InChI=1S/C26H25Cl2N3O2/c1-33-21-9-7-20(8-10-21)31-25(32)22-4-2-3-5-24(22)29-26(31)12-14-30(15-13-26)17-18-16-19(27)6-11-23(18)28/h2-11,16,29H,12-15,17H2,1H3. The number of carbonyl (C=O) groups is 1. The van der Waals surface area contributed by atoms with Crippen molar-refractivity contribution in [3.63, 3.8) is 0 Å². The van der Waals surface area contributed by atoms with Crippen molar-refractivity contribution in [2.45, 2.75) is 25.0 Å². The van der Waals surface area contributed by atoms with Crippen molar-refractivity contribution in [2.24, 2.45) is 0 Å². The normalized spacial score (nSPS) is 17.5. The molecule has 5 rings (SSSR count). The molecular formula is C26H25Cl2N3O2. The molecule has 0 unspecified atom stereocenters. The highest BCUT2D eigenvalue weighted by molar-refractivity contribution is 6.33. The molecule has 0 atom stereocenters. The summed E-state index contributed by atoms with van der Waals surface area (Å²) in [6.07, 6.45) is 1.55. The van der Waals surface area contributed by atoms with Gasteiger partial charge in [0.25, 0.3) is 5.91 Å². The van der Waals surface area contributed by atoms with Gasteiger partial charge in [-0.3, -0.25) is 14.6 Å². The molecule has 2 aliphatic heterocycles. The Kier molecular flexibility index (Phi) is 5.95. The van der Waals surface area contributed by atoms with Crippen LogP contribution in [0.15, 0.2) is 66.7 Å². The molecule has 2 heterocycles. The molecule has 1 spiro atoms. The van der Waals surface area contributed by atoms with Gasteiger partial charge in [-0.1, -0.05) is 35.3 Å². The molecule has 33 heavy (non-hydrogen) atoms. The van der Waals surface area contributed by atoms with E-state index >= 15 is 0 Å². The average Bonchev–Trinajstić information content (AvgIpc) is 2.83. The van der Waals surface area contributed by atoms with Crippen molar-refractivity contribution in [1.29, 1.82) is 0 Å². The molecule has 7 heteroatoms. The Morgan fingerprint density at radius 3 is 2.45 bits per heavy atom. The molecular weight excluding hydrogens is 457 g/mol. The first-order chi connectivity index (χ1) is 16.0. The Morgan fingerprint density at radius 2 is 1.73 bits per heavy atom. The van der Waals surface area contributed by atoms with Crippen molar-refractivity contribution in [2.75, 3.05) is 30.4 Å². The van der Waals surface area contributed by atoms with E-state index in [-0.39, 0.29) is 5.91 Å². The van der Waals surface area contributed by atoms with Gasteiger partial charge in [0, 0.05) is 53.9 Å². The third-order valence-corrected chi connectivity index (χ3v) is 7.18. The summed E-state index contributed by atoms with van der Waals surface area (Å²) < 4.78 is 5.32. The zero-order chi connectivity index (χ0) is 23.0. The minimum Gasteiger partial charge on any atom is -0.497 e. The summed E-state index contributed by atoms with van der Waals surface area (Å²) in [6.45, 7) is 2.36. The maximum absolute atomic E-state index is 13.7. The molecule has 2 aliphatic rings. The van der Waals surface area contributed by atoms with Crippen LogP contribution in [0.2, 0.25) is 10.0 Å². The second kappa shape index (κ2) is 8.90. The van der Waals surface area contributed by atoms with Crippen LogP contribution in [0.3, 0.4) is 0 Å². The molecule has 1 saturated heterocycles. The predicted molar refractivity (Wildman–Crippen MR) is 134 cm³/mol. The number of amides is 1.